The molecule has 2 aromatic carbocycles. The second-order valence-corrected chi connectivity index (χ2v) is 7.07. The summed E-state index contributed by atoms with van der Waals surface area (Å²) >= 11 is 0. The molecule has 1 aliphatic rings. The second kappa shape index (κ2) is 9.19. The van der Waals surface area contributed by atoms with E-state index in [0.29, 0.717) is 11.9 Å². The number of carbonyl (C=O) groups is 1. The monoisotopic (exact) mass is 388 g/mol. The van der Waals surface area contributed by atoms with E-state index in [9.17, 15) is 4.79 Å². The van der Waals surface area contributed by atoms with E-state index in [2.05, 4.69) is 20.4 Å². The Morgan fingerprint density at radius 3 is 2.38 bits per heavy atom. The van der Waals surface area contributed by atoms with Crippen LogP contribution in [-0.2, 0) is 4.79 Å². The molecule has 3 aromatic rings. The zero-order valence-corrected chi connectivity index (χ0v) is 16.2. The van der Waals surface area contributed by atoms with Gasteiger partial charge in [-0.2, -0.15) is 0 Å². The van der Waals surface area contributed by atoms with Crippen LogP contribution in [0.4, 0.5) is 6.01 Å². The summed E-state index contributed by atoms with van der Waals surface area (Å²) < 4.78 is 5.97. The number of rotatable bonds is 6. The third kappa shape index (κ3) is 4.90. The summed E-state index contributed by atoms with van der Waals surface area (Å²) in [6, 6.07) is 19.4. The smallest absolute Gasteiger partial charge is 0.318 e. The number of aromatic nitrogens is 2. The lowest BCUT2D eigenvalue weighted by molar-refractivity contribution is -0.117. The highest BCUT2D eigenvalue weighted by Gasteiger charge is 2.24. The van der Waals surface area contributed by atoms with Crippen molar-refractivity contribution in [2.45, 2.75) is 25.3 Å². The molecule has 0 saturated carbocycles. The molecule has 6 heteroatoms. The molecule has 2 heterocycles. The van der Waals surface area contributed by atoms with Gasteiger partial charge in [-0.05, 0) is 36.5 Å². The lowest BCUT2D eigenvalue weighted by atomic mass is 10.1. The van der Waals surface area contributed by atoms with Crippen LogP contribution in [0.2, 0.25) is 0 Å². The van der Waals surface area contributed by atoms with E-state index in [-0.39, 0.29) is 5.91 Å². The Hall–Kier alpha value is -3.41. The Bertz CT molecular complexity index is 947. The molecule has 148 valence electrons. The van der Waals surface area contributed by atoms with Gasteiger partial charge < -0.3 is 14.6 Å². The number of hydrogen-bond acceptors (Lipinski definition) is 5. The van der Waals surface area contributed by atoms with Crippen LogP contribution in [-0.4, -0.2) is 29.2 Å². The van der Waals surface area contributed by atoms with Gasteiger partial charge in [0.15, 0.2) is 0 Å². The third-order valence-electron chi connectivity index (χ3n) is 4.95. The molecule has 1 N–H and O–H groups in total. The molecule has 0 bridgehead atoms. The molecule has 1 amide bonds. The Morgan fingerprint density at radius 1 is 0.966 bits per heavy atom. The quantitative estimate of drug-likeness (QED) is 0.647. The maximum absolute atomic E-state index is 12.6. The summed E-state index contributed by atoms with van der Waals surface area (Å²) in [5, 5.41) is 11.5. The van der Waals surface area contributed by atoms with E-state index in [4.69, 9.17) is 4.42 Å². The number of hydrogen-bond donors (Lipinski definition) is 1. The summed E-state index contributed by atoms with van der Waals surface area (Å²) in [5.41, 5.74) is 1.85. The van der Waals surface area contributed by atoms with Gasteiger partial charge in [-0.1, -0.05) is 65.8 Å². The fourth-order valence-corrected chi connectivity index (χ4v) is 3.42. The van der Waals surface area contributed by atoms with Crippen LogP contribution in [0.25, 0.3) is 6.08 Å². The molecule has 1 saturated heterocycles. The lowest BCUT2D eigenvalue weighted by Crippen LogP contribution is -2.29. The zero-order valence-electron chi connectivity index (χ0n) is 16.2. The highest BCUT2D eigenvalue weighted by atomic mass is 16.4. The molecular weight excluding hydrogens is 364 g/mol. The van der Waals surface area contributed by atoms with Gasteiger partial charge in [-0.25, -0.2) is 0 Å². The van der Waals surface area contributed by atoms with E-state index in [0.717, 1.165) is 37.1 Å². The van der Waals surface area contributed by atoms with Gasteiger partial charge in [0, 0.05) is 19.2 Å². The molecule has 1 unspecified atom stereocenters. The van der Waals surface area contributed by atoms with Gasteiger partial charge >= 0.3 is 6.01 Å². The van der Waals surface area contributed by atoms with Crippen molar-refractivity contribution >= 4 is 18.0 Å². The molecule has 0 radical (unpaired) electrons. The first-order chi connectivity index (χ1) is 14.3. The van der Waals surface area contributed by atoms with Crippen LogP contribution >= 0.6 is 0 Å². The number of carbonyl (C=O) groups excluding carboxylic acids is 1. The SMILES string of the molecule is O=C(/C=C/c1ccccc1)NC(c1ccccc1)c1nnc(N2CCCCC2)o1. The zero-order chi connectivity index (χ0) is 19.9. The standard InChI is InChI=1S/C23H24N4O2/c28-20(15-14-18-10-4-1-5-11-18)24-21(19-12-6-2-7-13-19)22-25-26-23(29-22)27-16-8-3-9-17-27/h1-2,4-7,10-15,21H,3,8-9,16-17H2,(H,24,28)/b15-14+. The molecular formula is C23H24N4O2. The van der Waals surface area contributed by atoms with Crippen molar-refractivity contribution in [1.82, 2.24) is 15.5 Å². The topological polar surface area (TPSA) is 71.3 Å². The summed E-state index contributed by atoms with van der Waals surface area (Å²) in [4.78, 5) is 14.7. The van der Waals surface area contributed by atoms with Crippen molar-refractivity contribution < 1.29 is 9.21 Å². The molecule has 0 spiro atoms. The Labute approximate surface area is 170 Å². The van der Waals surface area contributed by atoms with Crippen LogP contribution in [0, 0.1) is 0 Å². The predicted octanol–water partition coefficient (Wildman–Crippen LogP) is 3.98. The Balaban J connectivity index is 1.53. The van der Waals surface area contributed by atoms with E-state index in [1.54, 1.807) is 6.08 Å². The average molecular weight is 388 g/mol. The second-order valence-electron chi connectivity index (χ2n) is 7.07. The van der Waals surface area contributed by atoms with Crippen LogP contribution in [0.1, 0.15) is 42.3 Å². The van der Waals surface area contributed by atoms with Gasteiger partial charge in [-0.3, -0.25) is 4.79 Å². The largest absolute Gasteiger partial charge is 0.405 e. The minimum Gasteiger partial charge on any atom is -0.405 e. The number of benzene rings is 2. The van der Waals surface area contributed by atoms with Gasteiger partial charge in [0.1, 0.15) is 6.04 Å². The number of piperidine rings is 1. The molecule has 0 aliphatic carbocycles. The molecule has 1 fully saturated rings. The first-order valence-electron chi connectivity index (χ1n) is 9.96. The van der Waals surface area contributed by atoms with Crippen LogP contribution in [0.3, 0.4) is 0 Å². The van der Waals surface area contributed by atoms with Crippen molar-refractivity contribution in [3.63, 3.8) is 0 Å². The number of amides is 1. The van der Waals surface area contributed by atoms with Crippen molar-refractivity contribution in [3.05, 3.63) is 83.8 Å². The van der Waals surface area contributed by atoms with E-state index in [1.807, 2.05) is 60.7 Å². The molecule has 1 aliphatic heterocycles. The van der Waals surface area contributed by atoms with E-state index in [1.165, 1.54) is 12.5 Å². The number of nitrogens with one attached hydrogen (secondary N) is 1. The van der Waals surface area contributed by atoms with Gasteiger partial charge in [0.2, 0.25) is 11.8 Å². The molecule has 6 nitrogen and oxygen atoms in total. The maximum Gasteiger partial charge on any atom is 0.318 e. The minimum atomic E-state index is -0.504. The molecule has 4 rings (SSSR count). The third-order valence-corrected chi connectivity index (χ3v) is 4.95. The van der Waals surface area contributed by atoms with E-state index >= 15 is 0 Å². The number of nitrogens with zero attached hydrogens (tertiary/aromatic N) is 3. The van der Waals surface area contributed by atoms with Crippen LogP contribution in [0.15, 0.2) is 71.2 Å². The summed E-state index contributed by atoms with van der Waals surface area (Å²) in [7, 11) is 0. The minimum absolute atomic E-state index is 0.222. The first kappa shape index (κ1) is 18.9. The summed E-state index contributed by atoms with van der Waals surface area (Å²) in [6.07, 6.45) is 6.78. The van der Waals surface area contributed by atoms with Gasteiger partial charge in [0.25, 0.3) is 0 Å². The lowest BCUT2D eigenvalue weighted by Gasteiger charge is -2.24. The van der Waals surface area contributed by atoms with Crippen LogP contribution in [0.5, 0.6) is 0 Å². The van der Waals surface area contributed by atoms with Crippen molar-refractivity contribution in [3.8, 4) is 0 Å². The van der Waals surface area contributed by atoms with Crippen molar-refractivity contribution in [1.29, 1.82) is 0 Å². The van der Waals surface area contributed by atoms with E-state index < -0.39 is 6.04 Å². The fourth-order valence-electron chi connectivity index (χ4n) is 3.42. The number of anilines is 1. The highest BCUT2D eigenvalue weighted by molar-refractivity contribution is 5.92. The van der Waals surface area contributed by atoms with Crippen molar-refractivity contribution in [2.75, 3.05) is 18.0 Å². The molecule has 1 atom stereocenters. The normalized spacial score (nSPS) is 15.4. The highest BCUT2D eigenvalue weighted by Crippen LogP contribution is 2.25. The predicted molar refractivity (Wildman–Crippen MR) is 112 cm³/mol. The first-order valence-corrected chi connectivity index (χ1v) is 9.96. The molecule has 29 heavy (non-hydrogen) atoms. The van der Waals surface area contributed by atoms with Gasteiger partial charge in [-0.15, -0.1) is 5.10 Å². The summed E-state index contributed by atoms with van der Waals surface area (Å²) in [6.45, 7) is 1.84. The average Bonchev–Trinajstić information content (AvgIpc) is 3.28. The maximum atomic E-state index is 12.6. The Morgan fingerprint density at radius 2 is 1.66 bits per heavy atom. The molecule has 1 aromatic heterocycles. The summed E-state index contributed by atoms with van der Waals surface area (Å²) in [5.74, 6) is 0.165. The van der Waals surface area contributed by atoms with Crippen LogP contribution < -0.4 is 10.2 Å². The Kier molecular flexibility index (Phi) is 6.00. The van der Waals surface area contributed by atoms with Gasteiger partial charge in [0.05, 0.1) is 0 Å². The van der Waals surface area contributed by atoms with Crippen molar-refractivity contribution in [2.24, 2.45) is 0 Å². The fraction of sp³-hybridized carbons (Fsp3) is 0.261.